The van der Waals surface area contributed by atoms with E-state index in [2.05, 4.69) is 4.98 Å². The molecule has 1 heterocycles. The van der Waals surface area contributed by atoms with Gasteiger partial charge in [-0.05, 0) is 6.07 Å². The summed E-state index contributed by atoms with van der Waals surface area (Å²) in [4.78, 5) is 25.3. The number of nitrogens with zero attached hydrogens (tertiary/aromatic N) is 2. The third-order valence-corrected chi connectivity index (χ3v) is 1.88. The second-order valence-electron chi connectivity index (χ2n) is 3.24. The molecule has 94 valence electrons. The zero-order chi connectivity index (χ0) is 13.3. The summed E-state index contributed by atoms with van der Waals surface area (Å²) in [6.07, 6.45) is 1.96. The Hall–Kier alpha value is -2.11. The molecule has 0 aliphatic carbocycles. The van der Waals surface area contributed by atoms with Gasteiger partial charge in [0.15, 0.2) is 0 Å². The molecule has 0 saturated carbocycles. The molecule has 0 aliphatic heterocycles. The van der Waals surface area contributed by atoms with Crippen molar-refractivity contribution in [3.8, 4) is 5.88 Å². The van der Waals surface area contributed by atoms with Gasteiger partial charge in [0, 0.05) is 25.9 Å². The van der Waals surface area contributed by atoms with E-state index in [9.17, 15) is 4.79 Å². The van der Waals surface area contributed by atoms with Gasteiger partial charge in [0.05, 0.1) is 13.5 Å². The molecule has 0 fully saturated rings. The van der Waals surface area contributed by atoms with Crippen LogP contribution >= 0.6 is 0 Å². The third-order valence-electron chi connectivity index (χ3n) is 1.88. The smallest absolute Gasteiger partial charge is 0.290 e. The summed E-state index contributed by atoms with van der Waals surface area (Å²) >= 11 is 0. The first kappa shape index (κ1) is 14.9. The number of amides is 1. The Morgan fingerprint density at radius 3 is 2.65 bits per heavy atom. The lowest BCUT2D eigenvalue weighted by molar-refractivity contribution is -0.128. The molecule has 6 heteroatoms. The van der Waals surface area contributed by atoms with E-state index in [0.717, 1.165) is 5.56 Å². The van der Waals surface area contributed by atoms with E-state index in [1.807, 2.05) is 6.07 Å². The number of aromatic nitrogens is 1. The normalized spacial score (nSPS) is 8.65. The van der Waals surface area contributed by atoms with Crippen molar-refractivity contribution in [2.24, 2.45) is 0 Å². The van der Waals surface area contributed by atoms with Crippen LogP contribution in [0.3, 0.4) is 0 Å². The molecule has 1 aromatic rings. The Bertz CT molecular complexity index is 366. The molecule has 0 spiro atoms. The van der Waals surface area contributed by atoms with Crippen LogP contribution in [0, 0.1) is 0 Å². The monoisotopic (exact) mass is 240 g/mol. The molecular formula is C11H16N2O4. The lowest BCUT2D eigenvalue weighted by Crippen LogP contribution is -2.23. The number of likely N-dealkylation sites (N-methyl/N-ethyl adjacent to an activating group) is 1. The maximum atomic E-state index is 11.4. The van der Waals surface area contributed by atoms with Crippen molar-refractivity contribution in [3.63, 3.8) is 0 Å². The van der Waals surface area contributed by atoms with E-state index < -0.39 is 0 Å². The second-order valence-corrected chi connectivity index (χ2v) is 3.24. The summed E-state index contributed by atoms with van der Waals surface area (Å²) in [5.41, 5.74) is 0.814. The molecule has 1 N–H and O–H groups in total. The Morgan fingerprint density at radius 1 is 1.59 bits per heavy atom. The van der Waals surface area contributed by atoms with Crippen LogP contribution in [0.1, 0.15) is 5.56 Å². The zero-order valence-electron chi connectivity index (χ0n) is 10.1. The summed E-state index contributed by atoms with van der Waals surface area (Å²) in [6, 6.07) is 3.63. The van der Waals surface area contributed by atoms with Crippen molar-refractivity contribution >= 4 is 12.4 Å². The lowest BCUT2D eigenvalue weighted by Gasteiger charge is -2.11. The van der Waals surface area contributed by atoms with E-state index in [0.29, 0.717) is 12.3 Å². The predicted molar refractivity (Wildman–Crippen MR) is 61.9 cm³/mol. The Labute approximate surface area is 99.8 Å². The Balaban J connectivity index is 0.000000770. The number of hydrogen-bond donors (Lipinski definition) is 1. The fourth-order valence-electron chi connectivity index (χ4n) is 1.06. The molecule has 0 aromatic carbocycles. The molecule has 1 aromatic heterocycles. The van der Waals surface area contributed by atoms with Crippen LogP contribution in [-0.2, 0) is 16.0 Å². The molecular weight excluding hydrogens is 224 g/mol. The summed E-state index contributed by atoms with van der Waals surface area (Å²) in [6.45, 7) is -0.250. The molecule has 0 atom stereocenters. The maximum absolute atomic E-state index is 11.4. The molecule has 0 bridgehead atoms. The molecule has 6 nitrogen and oxygen atoms in total. The van der Waals surface area contributed by atoms with Gasteiger partial charge < -0.3 is 14.7 Å². The van der Waals surface area contributed by atoms with Crippen LogP contribution in [0.4, 0.5) is 0 Å². The van der Waals surface area contributed by atoms with E-state index in [1.54, 1.807) is 38.4 Å². The SMILES string of the molecule is COc1ncccc1CC(=O)N(C)C.O=CO. The number of carbonyl (C=O) groups is 2. The molecule has 1 amide bonds. The number of pyridine rings is 1. The molecule has 0 aliphatic rings. The maximum Gasteiger partial charge on any atom is 0.290 e. The van der Waals surface area contributed by atoms with Crippen LogP contribution in [0.5, 0.6) is 5.88 Å². The number of rotatable bonds is 3. The largest absolute Gasteiger partial charge is 0.483 e. The fourth-order valence-corrected chi connectivity index (χ4v) is 1.06. The standard InChI is InChI=1S/C10H14N2O2.CH2O2/c1-12(2)9(13)7-8-5-4-6-11-10(8)14-3;2-1-3/h4-6H,7H2,1-3H3;1H,(H,2,3). The number of methoxy groups -OCH3 is 1. The predicted octanol–water partition coefficient (Wildman–Crippen LogP) is 0.422. The van der Waals surface area contributed by atoms with Gasteiger partial charge in [0.25, 0.3) is 6.47 Å². The van der Waals surface area contributed by atoms with Gasteiger partial charge in [-0.15, -0.1) is 0 Å². The van der Waals surface area contributed by atoms with E-state index in [4.69, 9.17) is 14.6 Å². The van der Waals surface area contributed by atoms with E-state index in [1.165, 1.54) is 0 Å². The summed E-state index contributed by atoms with van der Waals surface area (Å²) in [5, 5.41) is 6.89. The highest BCUT2D eigenvalue weighted by Crippen LogP contribution is 2.14. The summed E-state index contributed by atoms with van der Waals surface area (Å²) < 4.78 is 5.04. The highest BCUT2D eigenvalue weighted by molar-refractivity contribution is 5.78. The van der Waals surface area contributed by atoms with Gasteiger partial charge in [-0.3, -0.25) is 9.59 Å². The number of ether oxygens (including phenoxy) is 1. The molecule has 0 radical (unpaired) electrons. The van der Waals surface area contributed by atoms with Gasteiger partial charge in [-0.1, -0.05) is 6.07 Å². The Kier molecular flexibility index (Phi) is 7.09. The molecule has 1 rings (SSSR count). The van der Waals surface area contributed by atoms with Crippen LogP contribution in [-0.4, -0.2) is 48.6 Å². The minimum absolute atomic E-state index is 0.0382. The van der Waals surface area contributed by atoms with Crippen molar-refractivity contribution < 1.29 is 19.4 Å². The molecule has 17 heavy (non-hydrogen) atoms. The van der Waals surface area contributed by atoms with Crippen molar-refractivity contribution in [1.29, 1.82) is 0 Å². The number of hydrogen-bond acceptors (Lipinski definition) is 4. The van der Waals surface area contributed by atoms with Crippen molar-refractivity contribution in [2.45, 2.75) is 6.42 Å². The number of carbonyl (C=O) groups excluding carboxylic acids is 1. The topological polar surface area (TPSA) is 79.7 Å². The second kappa shape index (κ2) is 8.09. The number of carboxylic acid groups (broad SMARTS) is 1. The first-order chi connectivity index (χ1) is 8.06. The molecule has 0 saturated heterocycles. The van der Waals surface area contributed by atoms with Crippen LogP contribution in [0.15, 0.2) is 18.3 Å². The molecule has 0 unspecified atom stereocenters. The van der Waals surface area contributed by atoms with Crippen molar-refractivity contribution in [2.75, 3.05) is 21.2 Å². The highest BCUT2D eigenvalue weighted by atomic mass is 16.5. The van der Waals surface area contributed by atoms with Crippen molar-refractivity contribution in [3.05, 3.63) is 23.9 Å². The van der Waals surface area contributed by atoms with Gasteiger partial charge in [-0.25, -0.2) is 4.98 Å². The average molecular weight is 240 g/mol. The van der Waals surface area contributed by atoms with Gasteiger partial charge in [-0.2, -0.15) is 0 Å². The Morgan fingerprint density at radius 2 is 2.18 bits per heavy atom. The van der Waals surface area contributed by atoms with Crippen molar-refractivity contribution in [1.82, 2.24) is 9.88 Å². The zero-order valence-corrected chi connectivity index (χ0v) is 10.1. The van der Waals surface area contributed by atoms with Crippen LogP contribution in [0.2, 0.25) is 0 Å². The van der Waals surface area contributed by atoms with Crippen LogP contribution < -0.4 is 4.74 Å². The highest BCUT2D eigenvalue weighted by Gasteiger charge is 2.10. The first-order valence-corrected chi connectivity index (χ1v) is 4.82. The lowest BCUT2D eigenvalue weighted by atomic mass is 10.2. The van der Waals surface area contributed by atoms with E-state index in [-0.39, 0.29) is 12.4 Å². The van der Waals surface area contributed by atoms with Crippen LogP contribution in [0.25, 0.3) is 0 Å². The van der Waals surface area contributed by atoms with Gasteiger partial charge >= 0.3 is 0 Å². The average Bonchev–Trinajstić information content (AvgIpc) is 2.30. The van der Waals surface area contributed by atoms with Gasteiger partial charge in [0.1, 0.15) is 0 Å². The minimum atomic E-state index is -0.250. The van der Waals surface area contributed by atoms with E-state index >= 15 is 0 Å². The fraction of sp³-hybridized carbons (Fsp3) is 0.364. The van der Waals surface area contributed by atoms with Gasteiger partial charge in [0.2, 0.25) is 11.8 Å². The third kappa shape index (κ3) is 5.50. The first-order valence-electron chi connectivity index (χ1n) is 4.82. The minimum Gasteiger partial charge on any atom is -0.483 e. The quantitative estimate of drug-likeness (QED) is 0.774. The summed E-state index contributed by atoms with van der Waals surface area (Å²) in [7, 11) is 5.00. The summed E-state index contributed by atoms with van der Waals surface area (Å²) in [5.74, 6) is 0.555.